The van der Waals surface area contributed by atoms with Crippen molar-refractivity contribution in [3.63, 3.8) is 0 Å². The number of aliphatic hydroxyl groups excluding tert-OH is 2. The summed E-state index contributed by atoms with van der Waals surface area (Å²) in [5.41, 5.74) is 1.76. The number of hydrogen-bond donors (Lipinski definition) is 3. The van der Waals surface area contributed by atoms with Crippen molar-refractivity contribution in [2.24, 2.45) is 7.05 Å². The number of aromatic hydroxyl groups is 1. The second kappa shape index (κ2) is 4.68. The number of aryl methyl sites for hydroxylation is 1. The van der Waals surface area contributed by atoms with Crippen LogP contribution in [0.3, 0.4) is 0 Å². The number of aromatic nitrogens is 2. The van der Waals surface area contributed by atoms with Crippen LogP contribution < -0.4 is 5.01 Å². The van der Waals surface area contributed by atoms with Gasteiger partial charge in [-0.25, -0.2) is 4.68 Å². The highest BCUT2D eigenvalue weighted by Gasteiger charge is 2.15. The van der Waals surface area contributed by atoms with Crippen molar-refractivity contribution < 1.29 is 15.3 Å². The van der Waals surface area contributed by atoms with Crippen LogP contribution in [-0.4, -0.2) is 50.9 Å². The summed E-state index contributed by atoms with van der Waals surface area (Å²) in [6, 6.07) is 3.55. The number of hydrogen-bond acceptors (Lipinski definition) is 4. The molecule has 6 nitrogen and oxygen atoms in total. The molecular weight excluding hydrogens is 222 g/mol. The summed E-state index contributed by atoms with van der Waals surface area (Å²) in [6.07, 6.45) is 1.90. The van der Waals surface area contributed by atoms with Gasteiger partial charge in [0.2, 0.25) is 5.88 Å². The Hall–Kier alpha value is -1.66. The Morgan fingerprint density at radius 1 is 1.18 bits per heavy atom. The molecule has 3 N–H and O–H groups in total. The Balaban J connectivity index is 2.47. The van der Waals surface area contributed by atoms with E-state index in [0.29, 0.717) is 13.1 Å². The molecule has 0 aliphatic rings. The Labute approximate surface area is 98.9 Å². The van der Waals surface area contributed by atoms with Gasteiger partial charge in [0.25, 0.3) is 0 Å². The lowest BCUT2D eigenvalue weighted by Crippen LogP contribution is -2.38. The third-order valence-electron chi connectivity index (χ3n) is 2.81. The Bertz CT molecular complexity index is 497. The maximum atomic E-state index is 9.92. The summed E-state index contributed by atoms with van der Waals surface area (Å²) in [7, 11) is 1.90. The predicted molar refractivity (Wildman–Crippen MR) is 64.7 cm³/mol. The lowest BCUT2D eigenvalue weighted by atomic mass is 10.5. The average Bonchev–Trinajstić information content (AvgIpc) is 2.79. The third-order valence-corrected chi connectivity index (χ3v) is 2.81. The van der Waals surface area contributed by atoms with E-state index in [2.05, 4.69) is 0 Å². The molecule has 0 bridgehead atoms. The zero-order chi connectivity index (χ0) is 12.4. The van der Waals surface area contributed by atoms with Crippen LogP contribution >= 0.6 is 0 Å². The van der Waals surface area contributed by atoms with Crippen LogP contribution in [-0.2, 0) is 7.05 Å². The van der Waals surface area contributed by atoms with E-state index in [0.717, 1.165) is 11.0 Å². The van der Waals surface area contributed by atoms with E-state index in [9.17, 15) is 5.11 Å². The number of rotatable bonds is 5. The zero-order valence-electron chi connectivity index (χ0n) is 9.74. The molecule has 94 valence electrons. The first kappa shape index (κ1) is 11.8. The molecule has 0 saturated carbocycles. The van der Waals surface area contributed by atoms with E-state index < -0.39 is 0 Å². The lowest BCUT2D eigenvalue weighted by molar-refractivity contribution is 0.261. The normalized spacial score (nSPS) is 11.2. The molecule has 0 fully saturated rings. The van der Waals surface area contributed by atoms with E-state index >= 15 is 0 Å². The summed E-state index contributed by atoms with van der Waals surface area (Å²) >= 11 is 0. The number of fused-ring (bicyclic) bond motifs is 1. The monoisotopic (exact) mass is 239 g/mol. The molecular formula is C11H17N3O3. The predicted octanol–water partition coefficient (Wildman–Crippen LogP) is -0.392. The smallest absolute Gasteiger partial charge is 0.212 e. The third kappa shape index (κ3) is 1.96. The van der Waals surface area contributed by atoms with E-state index in [4.69, 9.17) is 10.2 Å². The lowest BCUT2D eigenvalue weighted by Gasteiger charge is -2.25. The van der Waals surface area contributed by atoms with E-state index in [1.165, 1.54) is 0 Å². The van der Waals surface area contributed by atoms with Gasteiger partial charge < -0.3 is 24.9 Å². The minimum Gasteiger partial charge on any atom is -0.493 e. The summed E-state index contributed by atoms with van der Waals surface area (Å²) in [5, 5.41) is 29.6. The molecule has 0 radical (unpaired) electrons. The fraction of sp³-hybridized carbons (Fsp3) is 0.455. The van der Waals surface area contributed by atoms with Crippen LogP contribution in [0, 0.1) is 0 Å². The molecule has 0 spiro atoms. The minimum absolute atomic E-state index is 0.0358. The zero-order valence-corrected chi connectivity index (χ0v) is 9.74. The second-order valence-electron chi connectivity index (χ2n) is 3.91. The van der Waals surface area contributed by atoms with Gasteiger partial charge in [-0.3, -0.25) is 0 Å². The van der Waals surface area contributed by atoms with Gasteiger partial charge in [0.15, 0.2) is 0 Å². The summed E-state index contributed by atoms with van der Waals surface area (Å²) in [4.78, 5) is 0. The van der Waals surface area contributed by atoms with E-state index in [-0.39, 0.29) is 19.1 Å². The van der Waals surface area contributed by atoms with E-state index in [1.54, 1.807) is 15.8 Å². The quantitative estimate of drug-likeness (QED) is 0.664. The fourth-order valence-corrected chi connectivity index (χ4v) is 2.03. The van der Waals surface area contributed by atoms with Crippen LogP contribution in [0.4, 0.5) is 0 Å². The minimum atomic E-state index is -0.0358. The van der Waals surface area contributed by atoms with Gasteiger partial charge in [-0.05, 0) is 6.07 Å². The standard InChI is InChI=1S/C11H17N3O3/c1-12-3-2-9-10(12)8-11(17)14(9)13(4-6-15)5-7-16/h2-3,8,15-17H,4-7H2,1H3. The second-order valence-corrected chi connectivity index (χ2v) is 3.91. The Morgan fingerprint density at radius 2 is 1.82 bits per heavy atom. The first-order valence-corrected chi connectivity index (χ1v) is 5.51. The molecule has 0 aromatic carbocycles. The van der Waals surface area contributed by atoms with Gasteiger partial charge in [0.05, 0.1) is 37.3 Å². The molecule has 0 aliphatic heterocycles. The van der Waals surface area contributed by atoms with Crippen molar-refractivity contribution in [1.82, 2.24) is 9.24 Å². The molecule has 2 aromatic heterocycles. The van der Waals surface area contributed by atoms with E-state index in [1.807, 2.05) is 23.9 Å². The van der Waals surface area contributed by atoms with Gasteiger partial charge in [0, 0.05) is 19.3 Å². The SMILES string of the molecule is Cn1ccc2c1cc(O)n2N(CCO)CCO. The van der Waals surface area contributed by atoms with Crippen LogP contribution in [0.15, 0.2) is 18.3 Å². The van der Waals surface area contributed by atoms with Gasteiger partial charge >= 0.3 is 0 Å². The van der Waals surface area contributed by atoms with Crippen LogP contribution in [0.25, 0.3) is 11.0 Å². The van der Waals surface area contributed by atoms with Gasteiger partial charge in [-0.1, -0.05) is 0 Å². The van der Waals surface area contributed by atoms with Crippen molar-refractivity contribution in [2.45, 2.75) is 0 Å². The van der Waals surface area contributed by atoms with Crippen molar-refractivity contribution in [3.8, 4) is 5.88 Å². The highest BCUT2D eigenvalue weighted by Crippen LogP contribution is 2.25. The highest BCUT2D eigenvalue weighted by atomic mass is 16.3. The van der Waals surface area contributed by atoms with Crippen LogP contribution in [0.2, 0.25) is 0 Å². The molecule has 2 rings (SSSR count). The average molecular weight is 239 g/mol. The van der Waals surface area contributed by atoms with Gasteiger partial charge in [-0.2, -0.15) is 0 Å². The molecule has 6 heteroatoms. The molecule has 2 heterocycles. The summed E-state index contributed by atoms with van der Waals surface area (Å²) in [5.74, 6) is 0.105. The Morgan fingerprint density at radius 3 is 2.41 bits per heavy atom. The van der Waals surface area contributed by atoms with Crippen LogP contribution in [0.5, 0.6) is 5.88 Å². The maximum absolute atomic E-state index is 9.92. The molecule has 0 amide bonds. The van der Waals surface area contributed by atoms with Crippen molar-refractivity contribution in [2.75, 3.05) is 31.3 Å². The Kier molecular flexibility index (Phi) is 3.26. The molecule has 0 saturated heterocycles. The molecule has 2 aromatic rings. The molecule has 0 aliphatic carbocycles. The fourth-order valence-electron chi connectivity index (χ4n) is 2.03. The maximum Gasteiger partial charge on any atom is 0.212 e. The molecule has 17 heavy (non-hydrogen) atoms. The molecule has 0 unspecified atom stereocenters. The summed E-state index contributed by atoms with van der Waals surface area (Å²) in [6.45, 7) is 0.636. The first-order valence-electron chi connectivity index (χ1n) is 5.51. The number of nitrogens with zero attached hydrogens (tertiary/aromatic N) is 3. The van der Waals surface area contributed by atoms with Gasteiger partial charge in [0.1, 0.15) is 0 Å². The largest absolute Gasteiger partial charge is 0.493 e. The first-order chi connectivity index (χ1) is 8.19. The van der Waals surface area contributed by atoms with Crippen molar-refractivity contribution in [3.05, 3.63) is 18.3 Å². The summed E-state index contributed by atoms with van der Waals surface area (Å²) < 4.78 is 3.52. The van der Waals surface area contributed by atoms with Crippen molar-refractivity contribution in [1.29, 1.82) is 0 Å². The van der Waals surface area contributed by atoms with Gasteiger partial charge in [-0.15, -0.1) is 0 Å². The van der Waals surface area contributed by atoms with Crippen LogP contribution in [0.1, 0.15) is 0 Å². The molecule has 0 atom stereocenters. The van der Waals surface area contributed by atoms with Crippen molar-refractivity contribution >= 4 is 11.0 Å². The number of aliphatic hydroxyl groups is 2. The highest BCUT2D eigenvalue weighted by molar-refractivity contribution is 5.80. The topological polar surface area (TPSA) is 73.8 Å².